The number of thioether (sulfide) groups is 1. The van der Waals surface area contributed by atoms with Gasteiger partial charge in [0, 0.05) is 24.0 Å². The van der Waals surface area contributed by atoms with E-state index < -0.39 is 10.0 Å². The van der Waals surface area contributed by atoms with Crippen molar-refractivity contribution in [2.24, 2.45) is 0 Å². The first-order valence-electron chi connectivity index (χ1n) is 7.06. The number of hydrogen-bond acceptors (Lipinski definition) is 4. The van der Waals surface area contributed by atoms with Crippen LogP contribution in [0.1, 0.15) is 19.8 Å². The molecule has 0 saturated carbocycles. The lowest BCUT2D eigenvalue weighted by Crippen LogP contribution is -2.42. The molecule has 0 radical (unpaired) electrons. The molecule has 0 bridgehead atoms. The maximum absolute atomic E-state index is 12.9. The zero-order valence-corrected chi connectivity index (χ0v) is 15.9. The molecule has 126 valence electrons. The predicted octanol–water partition coefficient (Wildman–Crippen LogP) is 3.25. The van der Waals surface area contributed by atoms with Crippen molar-refractivity contribution in [1.29, 1.82) is 0 Å². The van der Waals surface area contributed by atoms with Crippen LogP contribution in [0.15, 0.2) is 28.0 Å². The molecule has 22 heavy (non-hydrogen) atoms. The summed E-state index contributed by atoms with van der Waals surface area (Å²) in [5.74, 6) is 0. The Hall–Kier alpha value is 0.0200. The molecule has 4 nitrogen and oxygen atoms in total. The van der Waals surface area contributed by atoms with E-state index in [4.69, 9.17) is 11.6 Å². The monoisotopic (exact) mass is 384 g/mol. The topological polar surface area (TPSA) is 49.4 Å². The largest absolute Gasteiger partial charge is 0.315 e. The van der Waals surface area contributed by atoms with E-state index in [0.717, 1.165) is 30.8 Å². The molecular weight excluding hydrogens is 363 g/mol. The molecule has 1 aromatic rings. The second-order valence-corrected chi connectivity index (χ2v) is 8.20. The van der Waals surface area contributed by atoms with Crippen LogP contribution in [-0.4, -0.2) is 44.7 Å². The zero-order valence-electron chi connectivity index (χ0n) is 12.7. The summed E-state index contributed by atoms with van der Waals surface area (Å²) >= 11 is 7.67. The van der Waals surface area contributed by atoms with Gasteiger partial charge in [-0.1, -0.05) is 18.5 Å². The molecule has 0 aromatic heterocycles. The molecule has 1 heterocycles. The smallest absolute Gasteiger partial charge is 0.243 e. The van der Waals surface area contributed by atoms with E-state index in [1.165, 1.54) is 11.8 Å². The van der Waals surface area contributed by atoms with Gasteiger partial charge in [0.15, 0.2) is 0 Å². The fraction of sp³-hybridized carbons (Fsp3) is 0.571. The van der Waals surface area contributed by atoms with Gasteiger partial charge >= 0.3 is 0 Å². The highest BCUT2D eigenvalue weighted by Gasteiger charge is 2.32. The molecule has 1 atom stereocenters. The van der Waals surface area contributed by atoms with E-state index in [9.17, 15) is 8.42 Å². The van der Waals surface area contributed by atoms with Crippen LogP contribution in [0.3, 0.4) is 0 Å². The van der Waals surface area contributed by atoms with Gasteiger partial charge in [0.25, 0.3) is 0 Å². The lowest BCUT2D eigenvalue weighted by Gasteiger charge is -2.27. The standard InChI is InChI=1S/C14H21ClN2O2S2.ClH/c1-3-8-17(11-6-7-16-10-11)21(18,19)12-4-5-14(20-2)13(15)9-12;/h4-5,9,11,16H,3,6-8,10H2,1-2H3;1H. The van der Waals surface area contributed by atoms with Gasteiger partial charge in [-0.2, -0.15) is 4.31 Å². The Bertz CT molecular complexity index is 591. The van der Waals surface area contributed by atoms with E-state index >= 15 is 0 Å². The first-order chi connectivity index (χ1) is 10.0. The number of halogens is 2. The fourth-order valence-corrected chi connectivity index (χ4v) is 5.26. The van der Waals surface area contributed by atoms with Crippen LogP contribution in [0, 0.1) is 0 Å². The molecule has 1 fully saturated rings. The highest BCUT2D eigenvalue weighted by molar-refractivity contribution is 7.98. The van der Waals surface area contributed by atoms with Gasteiger partial charge in [-0.25, -0.2) is 8.42 Å². The van der Waals surface area contributed by atoms with Crippen molar-refractivity contribution in [3.05, 3.63) is 23.2 Å². The van der Waals surface area contributed by atoms with Crippen molar-refractivity contribution in [2.75, 3.05) is 25.9 Å². The van der Waals surface area contributed by atoms with E-state index in [0.29, 0.717) is 11.6 Å². The summed E-state index contributed by atoms with van der Waals surface area (Å²) in [6, 6.07) is 5.02. The second-order valence-electron chi connectivity index (χ2n) is 5.06. The number of sulfonamides is 1. The minimum Gasteiger partial charge on any atom is -0.315 e. The van der Waals surface area contributed by atoms with Gasteiger partial charge in [-0.05, 0) is 43.8 Å². The molecule has 1 N–H and O–H groups in total. The third kappa shape index (κ3) is 4.30. The molecular formula is C14H22Cl2N2O2S2. The summed E-state index contributed by atoms with van der Waals surface area (Å²) in [5.41, 5.74) is 0. The Balaban J connectivity index is 0.00000242. The summed E-state index contributed by atoms with van der Waals surface area (Å²) in [4.78, 5) is 1.17. The van der Waals surface area contributed by atoms with E-state index in [-0.39, 0.29) is 23.3 Å². The molecule has 1 aliphatic rings. The second kappa shape index (κ2) is 8.76. The molecule has 2 rings (SSSR count). The molecule has 0 amide bonds. The molecule has 1 aliphatic heterocycles. The normalized spacial score (nSPS) is 18.5. The zero-order chi connectivity index (χ0) is 15.5. The summed E-state index contributed by atoms with van der Waals surface area (Å²) in [7, 11) is -3.49. The maximum atomic E-state index is 12.9. The highest BCUT2D eigenvalue weighted by atomic mass is 35.5. The first-order valence-corrected chi connectivity index (χ1v) is 10.1. The molecule has 0 spiro atoms. The predicted molar refractivity (Wildman–Crippen MR) is 95.9 cm³/mol. The van der Waals surface area contributed by atoms with Crippen LogP contribution in [0.2, 0.25) is 5.02 Å². The third-order valence-electron chi connectivity index (χ3n) is 3.62. The Morgan fingerprint density at radius 3 is 2.68 bits per heavy atom. The molecule has 1 saturated heterocycles. The number of rotatable bonds is 6. The maximum Gasteiger partial charge on any atom is 0.243 e. The van der Waals surface area contributed by atoms with Gasteiger partial charge in [0.05, 0.1) is 9.92 Å². The van der Waals surface area contributed by atoms with Crippen molar-refractivity contribution < 1.29 is 8.42 Å². The van der Waals surface area contributed by atoms with Gasteiger partial charge < -0.3 is 5.32 Å². The van der Waals surface area contributed by atoms with E-state index in [2.05, 4.69) is 5.32 Å². The Labute approximate surface area is 148 Å². The first kappa shape index (κ1) is 20.1. The van der Waals surface area contributed by atoms with Crippen LogP contribution in [0.4, 0.5) is 0 Å². The summed E-state index contributed by atoms with van der Waals surface area (Å²) in [6.07, 6.45) is 3.57. The average Bonchev–Trinajstić information content (AvgIpc) is 2.98. The lowest BCUT2D eigenvalue weighted by atomic mass is 10.2. The quantitative estimate of drug-likeness (QED) is 0.764. The van der Waals surface area contributed by atoms with Crippen molar-refractivity contribution >= 4 is 45.8 Å². The highest BCUT2D eigenvalue weighted by Crippen LogP contribution is 2.30. The SMILES string of the molecule is CCCN(C1CCNC1)S(=O)(=O)c1ccc(SC)c(Cl)c1.Cl. The Morgan fingerprint density at radius 1 is 1.45 bits per heavy atom. The van der Waals surface area contributed by atoms with Gasteiger partial charge in [-0.15, -0.1) is 24.2 Å². The van der Waals surface area contributed by atoms with Gasteiger partial charge in [0.1, 0.15) is 0 Å². The Morgan fingerprint density at radius 2 is 2.18 bits per heavy atom. The number of nitrogens with zero attached hydrogens (tertiary/aromatic N) is 1. The summed E-state index contributed by atoms with van der Waals surface area (Å²) < 4.78 is 27.4. The summed E-state index contributed by atoms with van der Waals surface area (Å²) in [5, 5.41) is 3.72. The van der Waals surface area contributed by atoms with Crippen LogP contribution >= 0.6 is 35.8 Å². The van der Waals surface area contributed by atoms with Crippen LogP contribution < -0.4 is 5.32 Å². The summed E-state index contributed by atoms with van der Waals surface area (Å²) in [6.45, 7) is 4.12. The van der Waals surface area contributed by atoms with Crippen molar-refractivity contribution in [3.8, 4) is 0 Å². The van der Waals surface area contributed by atoms with Crippen LogP contribution in [0.5, 0.6) is 0 Å². The van der Waals surface area contributed by atoms with Crippen LogP contribution in [0.25, 0.3) is 0 Å². The van der Waals surface area contributed by atoms with Crippen molar-refractivity contribution in [1.82, 2.24) is 9.62 Å². The number of hydrogen-bond donors (Lipinski definition) is 1. The number of benzene rings is 1. The Kier molecular flexibility index (Phi) is 7.99. The molecule has 1 unspecified atom stereocenters. The molecule has 0 aliphatic carbocycles. The molecule has 1 aromatic carbocycles. The molecule has 8 heteroatoms. The van der Waals surface area contributed by atoms with Gasteiger partial charge in [-0.3, -0.25) is 0 Å². The van der Waals surface area contributed by atoms with Crippen molar-refractivity contribution in [3.63, 3.8) is 0 Å². The fourth-order valence-electron chi connectivity index (χ4n) is 2.55. The van der Waals surface area contributed by atoms with Crippen LogP contribution in [-0.2, 0) is 10.0 Å². The third-order valence-corrected chi connectivity index (χ3v) is 6.78. The van der Waals surface area contributed by atoms with E-state index in [1.807, 2.05) is 13.2 Å². The van der Waals surface area contributed by atoms with Gasteiger partial charge in [0.2, 0.25) is 10.0 Å². The average molecular weight is 385 g/mol. The minimum atomic E-state index is -3.49. The lowest BCUT2D eigenvalue weighted by molar-refractivity contribution is 0.335. The minimum absolute atomic E-state index is 0. The van der Waals surface area contributed by atoms with Crippen molar-refractivity contribution in [2.45, 2.75) is 35.6 Å². The van der Waals surface area contributed by atoms with E-state index in [1.54, 1.807) is 22.5 Å². The number of nitrogens with one attached hydrogen (secondary N) is 1.